The number of hydrogen-bond donors (Lipinski definition) is 2. The predicted octanol–water partition coefficient (Wildman–Crippen LogP) is 3.04. The number of fused-ring (bicyclic) bond motifs is 2. The highest BCUT2D eigenvalue weighted by molar-refractivity contribution is 7.99. The van der Waals surface area contributed by atoms with E-state index >= 15 is 0 Å². The van der Waals surface area contributed by atoms with Gasteiger partial charge >= 0.3 is 5.97 Å². The lowest BCUT2D eigenvalue weighted by Gasteiger charge is -2.22. The Labute approximate surface area is 180 Å². The molecule has 0 saturated carbocycles. The van der Waals surface area contributed by atoms with Gasteiger partial charge in [0, 0.05) is 12.0 Å². The van der Waals surface area contributed by atoms with Crippen molar-refractivity contribution < 1.29 is 33.0 Å². The lowest BCUT2D eigenvalue weighted by molar-refractivity contribution is -0.147. The second kappa shape index (κ2) is 8.18. The lowest BCUT2D eigenvalue weighted by Crippen LogP contribution is -2.46. The van der Waals surface area contributed by atoms with Crippen LogP contribution in [0.1, 0.15) is 16.8 Å². The number of benzene rings is 2. The summed E-state index contributed by atoms with van der Waals surface area (Å²) in [5.41, 5.74) is -2.15. The summed E-state index contributed by atoms with van der Waals surface area (Å²) in [6, 6.07) is 10.9. The fourth-order valence-electron chi connectivity index (χ4n) is 3.54. The normalized spacial score (nSPS) is 21.6. The molecule has 10 heteroatoms. The van der Waals surface area contributed by atoms with E-state index in [1.54, 1.807) is 18.2 Å². The number of amides is 2. The van der Waals surface area contributed by atoms with Crippen LogP contribution in [0.15, 0.2) is 52.3 Å². The zero-order valence-electron chi connectivity index (χ0n) is 16.1. The first-order valence-electron chi connectivity index (χ1n) is 9.44. The monoisotopic (exact) mass is 448 g/mol. The molecule has 2 aromatic rings. The largest absolute Gasteiger partial charge is 0.480 e. The molecule has 1 fully saturated rings. The van der Waals surface area contributed by atoms with Gasteiger partial charge in [0.2, 0.25) is 5.91 Å². The number of para-hydroxylation sites is 1. The Morgan fingerprint density at radius 2 is 1.94 bits per heavy atom. The molecule has 2 aliphatic rings. The van der Waals surface area contributed by atoms with Gasteiger partial charge in [0.15, 0.2) is 5.67 Å². The van der Waals surface area contributed by atoms with Gasteiger partial charge in [0.1, 0.15) is 24.2 Å². The molecule has 2 aromatic carbocycles. The third kappa shape index (κ3) is 4.20. The summed E-state index contributed by atoms with van der Waals surface area (Å²) in [5, 5.41) is 11.6. The van der Waals surface area contributed by atoms with Gasteiger partial charge in [-0.2, -0.15) is 0 Å². The van der Waals surface area contributed by atoms with Crippen molar-refractivity contribution in [2.24, 2.45) is 0 Å². The maximum atomic E-state index is 14.3. The fourth-order valence-corrected chi connectivity index (χ4v) is 4.48. The van der Waals surface area contributed by atoms with Crippen molar-refractivity contribution in [3.63, 3.8) is 0 Å². The van der Waals surface area contributed by atoms with Crippen molar-refractivity contribution in [3.8, 4) is 11.5 Å². The first-order valence-corrected chi connectivity index (χ1v) is 10.3. The Morgan fingerprint density at radius 3 is 2.68 bits per heavy atom. The SMILES string of the molecule is O=C(NCC(=O)N1C[C@@](F)(CF)C[C@H]1C(=O)O)c1ccc2c(c1)Oc1ccccc1S2. The number of carboxylic acid groups (broad SMARTS) is 1. The predicted molar refractivity (Wildman–Crippen MR) is 107 cm³/mol. The van der Waals surface area contributed by atoms with Gasteiger partial charge in [0.05, 0.1) is 22.9 Å². The van der Waals surface area contributed by atoms with E-state index in [4.69, 9.17) is 4.74 Å². The summed E-state index contributed by atoms with van der Waals surface area (Å²) in [6.07, 6.45) is -0.625. The number of nitrogens with zero attached hydrogens (tertiary/aromatic N) is 1. The van der Waals surface area contributed by atoms with Crippen LogP contribution in [-0.4, -0.2) is 59.3 Å². The number of carboxylic acids is 1. The van der Waals surface area contributed by atoms with Crippen molar-refractivity contribution in [1.82, 2.24) is 10.2 Å². The molecule has 31 heavy (non-hydrogen) atoms. The van der Waals surface area contributed by atoms with E-state index in [2.05, 4.69) is 5.32 Å². The van der Waals surface area contributed by atoms with Crippen LogP contribution in [0.3, 0.4) is 0 Å². The minimum Gasteiger partial charge on any atom is -0.480 e. The molecule has 2 N–H and O–H groups in total. The number of ether oxygens (including phenoxy) is 1. The molecule has 0 bridgehead atoms. The molecule has 2 heterocycles. The zero-order valence-corrected chi connectivity index (χ0v) is 17.0. The van der Waals surface area contributed by atoms with Crippen LogP contribution in [0, 0.1) is 0 Å². The van der Waals surface area contributed by atoms with Crippen molar-refractivity contribution >= 4 is 29.5 Å². The van der Waals surface area contributed by atoms with Crippen LogP contribution in [0.2, 0.25) is 0 Å². The molecule has 7 nitrogen and oxygen atoms in total. The number of carbonyl (C=O) groups is 3. The fraction of sp³-hybridized carbons (Fsp3) is 0.286. The maximum Gasteiger partial charge on any atom is 0.326 e. The summed E-state index contributed by atoms with van der Waals surface area (Å²) >= 11 is 1.50. The molecular formula is C21H18F2N2O5S. The minimum atomic E-state index is -2.40. The van der Waals surface area contributed by atoms with Crippen LogP contribution in [0.4, 0.5) is 8.78 Å². The Bertz CT molecular complexity index is 1070. The molecule has 0 aromatic heterocycles. The van der Waals surface area contributed by atoms with E-state index in [1.807, 2.05) is 24.3 Å². The summed E-state index contributed by atoms with van der Waals surface area (Å²) in [7, 11) is 0. The summed E-state index contributed by atoms with van der Waals surface area (Å²) in [5.74, 6) is -1.63. The third-order valence-corrected chi connectivity index (χ3v) is 6.24. The van der Waals surface area contributed by atoms with Crippen molar-refractivity contribution in [2.75, 3.05) is 19.8 Å². The highest BCUT2D eigenvalue weighted by Crippen LogP contribution is 2.46. The van der Waals surface area contributed by atoms with Gasteiger partial charge in [-0.05, 0) is 30.3 Å². The molecule has 0 unspecified atom stereocenters. The molecule has 2 atom stereocenters. The molecule has 162 valence electrons. The van der Waals surface area contributed by atoms with Gasteiger partial charge in [-0.3, -0.25) is 9.59 Å². The number of nitrogens with one attached hydrogen (secondary N) is 1. The Balaban J connectivity index is 1.41. The highest BCUT2D eigenvalue weighted by atomic mass is 32.2. The molecule has 2 amide bonds. The summed E-state index contributed by atoms with van der Waals surface area (Å²) in [4.78, 5) is 38.8. The van der Waals surface area contributed by atoms with Gasteiger partial charge in [-0.15, -0.1) is 0 Å². The number of carbonyl (C=O) groups excluding carboxylic acids is 2. The molecule has 0 radical (unpaired) electrons. The van der Waals surface area contributed by atoms with Gasteiger partial charge in [0.25, 0.3) is 5.91 Å². The lowest BCUT2D eigenvalue weighted by atomic mass is 10.0. The Kier molecular flexibility index (Phi) is 5.57. The first-order chi connectivity index (χ1) is 14.8. The number of likely N-dealkylation sites (tertiary alicyclic amines) is 1. The number of halogens is 2. The molecule has 1 saturated heterocycles. The standard InChI is InChI=1S/C21H18F2N2O5S/c22-10-21(23)8-13(20(28)29)25(11-21)18(26)9-24-19(27)12-5-6-17-15(7-12)30-14-3-1-2-4-16(14)31-17/h1-7,13H,8-11H2,(H,24,27)(H,28,29)/t13-,21-/m0/s1. The number of aliphatic carboxylic acids is 1. The molecule has 2 aliphatic heterocycles. The van der Waals surface area contributed by atoms with E-state index in [0.29, 0.717) is 11.5 Å². The van der Waals surface area contributed by atoms with E-state index in [0.717, 1.165) is 14.7 Å². The zero-order chi connectivity index (χ0) is 22.2. The second-order valence-electron chi connectivity index (χ2n) is 7.36. The number of hydrogen-bond acceptors (Lipinski definition) is 5. The van der Waals surface area contributed by atoms with Crippen molar-refractivity contribution in [3.05, 3.63) is 48.0 Å². The van der Waals surface area contributed by atoms with Crippen LogP contribution in [0.5, 0.6) is 11.5 Å². The van der Waals surface area contributed by atoms with Gasteiger partial charge in [-0.1, -0.05) is 23.9 Å². The molecule has 0 aliphatic carbocycles. The smallest absolute Gasteiger partial charge is 0.326 e. The molecule has 4 rings (SSSR count). The number of alkyl halides is 2. The first kappa shape index (κ1) is 21.1. The van der Waals surface area contributed by atoms with Crippen LogP contribution in [-0.2, 0) is 9.59 Å². The Hall–Kier alpha value is -3.14. The van der Waals surface area contributed by atoms with E-state index in [1.165, 1.54) is 11.8 Å². The topological polar surface area (TPSA) is 95.9 Å². The Morgan fingerprint density at radius 1 is 1.19 bits per heavy atom. The average Bonchev–Trinajstić information content (AvgIpc) is 3.14. The quantitative estimate of drug-likeness (QED) is 0.623. The van der Waals surface area contributed by atoms with Crippen molar-refractivity contribution in [1.29, 1.82) is 0 Å². The third-order valence-electron chi connectivity index (χ3n) is 5.13. The van der Waals surface area contributed by atoms with Crippen molar-refractivity contribution in [2.45, 2.75) is 27.9 Å². The average molecular weight is 448 g/mol. The van der Waals surface area contributed by atoms with Gasteiger partial charge < -0.3 is 20.1 Å². The van der Waals surface area contributed by atoms with Crippen LogP contribution < -0.4 is 10.1 Å². The van der Waals surface area contributed by atoms with Crippen LogP contribution in [0.25, 0.3) is 0 Å². The van der Waals surface area contributed by atoms with E-state index in [9.17, 15) is 28.3 Å². The summed E-state index contributed by atoms with van der Waals surface area (Å²) in [6.45, 7) is -2.60. The summed E-state index contributed by atoms with van der Waals surface area (Å²) < 4.78 is 33.0. The maximum absolute atomic E-state index is 14.3. The van der Waals surface area contributed by atoms with E-state index in [-0.39, 0.29) is 5.56 Å². The second-order valence-corrected chi connectivity index (χ2v) is 8.44. The number of rotatable bonds is 5. The molecule has 0 spiro atoms. The van der Waals surface area contributed by atoms with E-state index < -0.39 is 55.7 Å². The van der Waals surface area contributed by atoms with Gasteiger partial charge in [-0.25, -0.2) is 13.6 Å². The highest BCUT2D eigenvalue weighted by Gasteiger charge is 2.49. The van der Waals surface area contributed by atoms with Crippen LogP contribution >= 0.6 is 11.8 Å². The minimum absolute atomic E-state index is 0.242. The molecular weight excluding hydrogens is 430 g/mol.